The molecule has 3 aliphatic rings. The molecule has 0 spiro atoms. The van der Waals surface area contributed by atoms with E-state index >= 15 is 0 Å². The summed E-state index contributed by atoms with van der Waals surface area (Å²) in [6, 6.07) is 8.01. The van der Waals surface area contributed by atoms with Gasteiger partial charge in [-0.25, -0.2) is 0 Å². The lowest BCUT2D eigenvalue weighted by Gasteiger charge is -2.26. The highest BCUT2D eigenvalue weighted by molar-refractivity contribution is 5.35. The minimum absolute atomic E-state index is 0.715. The Morgan fingerprint density at radius 2 is 1.90 bits per heavy atom. The minimum Gasteiger partial charge on any atom is -0.314 e. The molecule has 1 aromatic rings. The van der Waals surface area contributed by atoms with Crippen molar-refractivity contribution in [3.05, 3.63) is 34.9 Å². The maximum absolute atomic E-state index is 3.78. The van der Waals surface area contributed by atoms with Gasteiger partial charge in [0.2, 0.25) is 0 Å². The minimum atomic E-state index is 0.715. The molecule has 0 radical (unpaired) electrons. The highest BCUT2D eigenvalue weighted by Crippen LogP contribution is 2.55. The average Bonchev–Trinajstić information content (AvgIpc) is 2.90. The molecule has 1 heteroatoms. The van der Waals surface area contributed by atoms with E-state index < -0.39 is 0 Å². The highest BCUT2D eigenvalue weighted by atomic mass is 14.9. The molecule has 3 aliphatic carbocycles. The highest BCUT2D eigenvalue weighted by Gasteiger charge is 2.47. The van der Waals surface area contributed by atoms with E-state index in [4.69, 9.17) is 0 Å². The summed E-state index contributed by atoms with van der Waals surface area (Å²) in [6.45, 7) is 3.37. The first-order valence-corrected chi connectivity index (χ1v) is 8.67. The largest absolute Gasteiger partial charge is 0.314 e. The van der Waals surface area contributed by atoms with Crippen LogP contribution in [0.15, 0.2) is 18.2 Å². The number of fused-ring (bicyclic) bond motifs is 2. The summed E-state index contributed by atoms with van der Waals surface area (Å²) in [6.07, 6.45) is 9.74. The van der Waals surface area contributed by atoms with Gasteiger partial charge in [-0.15, -0.1) is 0 Å². The van der Waals surface area contributed by atoms with E-state index in [0.717, 1.165) is 24.3 Å². The Kier molecular flexibility index (Phi) is 3.34. The summed E-state index contributed by atoms with van der Waals surface area (Å²) in [7, 11) is 0. The molecule has 0 aromatic heterocycles. The smallest absolute Gasteiger partial charge is 0.0136 e. The zero-order valence-corrected chi connectivity index (χ0v) is 12.7. The van der Waals surface area contributed by atoms with Gasteiger partial charge in [0.05, 0.1) is 0 Å². The SMILES string of the molecule is CCNC(Cc1ccc2c(c1)CCC2)C1CC2CC2C1. The number of rotatable bonds is 5. The molecule has 0 amide bonds. The van der Waals surface area contributed by atoms with E-state index in [-0.39, 0.29) is 0 Å². The molecule has 0 aliphatic heterocycles. The van der Waals surface area contributed by atoms with E-state index in [0.29, 0.717) is 6.04 Å². The maximum atomic E-state index is 3.78. The van der Waals surface area contributed by atoms with Crippen LogP contribution in [0.3, 0.4) is 0 Å². The summed E-state index contributed by atoms with van der Waals surface area (Å²) in [5.74, 6) is 3.13. The van der Waals surface area contributed by atoms with E-state index in [1.54, 1.807) is 16.7 Å². The standard InChI is InChI=1S/C19H27N/c1-2-20-19(18-11-16-10-17(16)12-18)9-13-6-7-14-4-3-5-15(14)8-13/h6-8,16-20H,2-5,9-12H2,1H3. The van der Waals surface area contributed by atoms with Gasteiger partial charge in [0, 0.05) is 6.04 Å². The average molecular weight is 269 g/mol. The molecule has 0 heterocycles. The van der Waals surface area contributed by atoms with Gasteiger partial charge < -0.3 is 5.32 Å². The predicted molar refractivity (Wildman–Crippen MR) is 84.0 cm³/mol. The van der Waals surface area contributed by atoms with Crippen LogP contribution in [0, 0.1) is 17.8 Å². The van der Waals surface area contributed by atoms with Gasteiger partial charge in [-0.05, 0) is 85.9 Å². The van der Waals surface area contributed by atoms with E-state index in [9.17, 15) is 0 Å². The molecule has 2 saturated carbocycles. The van der Waals surface area contributed by atoms with Crippen LogP contribution in [0.1, 0.15) is 49.3 Å². The second kappa shape index (κ2) is 5.18. The fourth-order valence-corrected chi connectivity index (χ4v) is 4.76. The number of nitrogens with one attached hydrogen (secondary N) is 1. The number of aryl methyl sites for hydroxylation is 2. The lowest BCUT2D eigenvalue weighted by molar-refractivity contribution is 0.337. The fourth-order valence-electron chi connectivity index (χ4n) is 4.76. The molecule has 3 atom stereocenters. The summed E-state index contributed by atoms with van der Waals surface area (Å²) in [4.78, 5) is 0. The lowest BCUT2D eigenvalue weighted by atomic mass is 9.89. The van der Waals surface area contributed by atoms with Crippen molar-refractivity contribution in [1.82, 2.24) is 5.32 Å². The van der Waals surface area contributed by atoms with Crippen molar-refractivity contribution in [2.24, 2.45) is 17.8 Å². The Balaban J connectivity index is 1.47. The predicted octanol–water partition coefficient (Wildman–Crippen LogP) is 3.74. The molecular formula is C19H27N. The van der Waals surface area contributed by atoms with Gasteiger partial charge in [0.1, 0.15) is 0 Å². The first-order chi connectivity index (χ1) is 9.83. The van der Waals surface area contributed by atoms with Crippen molar-refractivity contribution in [1.29, 1.82) is 0 Å². The number of benzene rings is 1. The van der Waals surface area contributed by atoms with Gasteiger partial charge >= 0.3 is 0 Å². The normalized spacial score (nSPS) is 31.9. The van der Waals surface area contributed by atoms with E-state index in [2.05, 4.69) is 30.4 Å². The number of hydrogen-bond acceptors (Lipinski definition) is 1. The van der Waals surface area contributed by atoms with Crippen LogP contribution in [0.4, 0.5) is 0 Å². The third-order valence-corrected chi connectivity index (χ3v) is 5.93. The van der Waals surface area contributed by atoms with Gasteiger partial charge in [0.25, 0.3) is 0 Å². The molecule has 108 valence electrons. The van der Waals surface area contributed by atoms with Gasteiger partial charge in [-0.3, -0.25) is 0 Å². The van der Waals surface area contributed by atoms with Crippen molar-refractivity contribution in [3.8, 4) is 0 Å². The van der Waals surface area contributed by atoms with Crippen molar-refractivity contribution < 1.29 is 0 Å². The Morgan fingerprint density at radius 3 is 2.70 bits per heavy atom. The van der Waals surface area contributed by atoms with Crippen LogP contribution >= 0.6 is 0 Å². The fraction of sp³-hybridized carbons (Fsp3) is 0.684. The molecular weight excluding hydrogens is 242 g/mol. The molecule has 1 aromatic carbocycles. The molecule has 1 nitrogen and oxygen atoms in total. The maximum Gasteiger partial charge on any atom is 0.0136 e. The Labute approximate surface area is 123 Å². The van der Waals surface area contributed by atoms with E-state index in [1.165, 1.54) is 44.9 Å². The Hall–Kier alpha value is -0.820. The van der Waals surface area contributed by atoms with Crippen LogP contribution < -0.4 is 5.32 Å². The molecule has 20 heavy (non-hydrogen) atoms. The number of hydrogen-bond donors (Lipinski definition) is 1. The lowest BCUT2D eigenvalue weighted by Crippen LogP contribution is -2.37. The second-order valence-electron chi connectivity index (χ2n) is 7.31. The van der Waals surface area contributed by atoms with Crippen LogP contribution in [0.2, 0.25) is 0 Å². The van der Waals surface area contributed by atoms with Gasteiger partial charge in [0.15, 0.2) is 0 Å². The summed E-state index contributed by atoms with van der Waals surface area (Å²) in [5, 5.41) is 3.78. The zero-order valence-electron chi connectivity index (χ0n) is 12.7. The first kappa shape index (κ1) is 12.9. The second-order valence-corrected chi connectivity index (χ2v) is 7.31. The third-order valence-electron chi connectivity index (χ3n) is 5.93. The van der Waals surface area contributed by atoms with Gasteiger partial charge in [-0.1, -0.05) is 25.1 Å². The van der Waals surface area contributed by atoms with Crippen molar-refractivity contribution in [3.63, 3.8) is 0 Å². The van der Waals surface area contributed by atoms with Gasteiger partial charge in [-0.2, -0.15) is 0 Å². The molecule has 3 unspecified atom stereocenters. The zero-order chi connectivity index (χ0) is 13.5. The molecule has 0 saturated heterocycles. The number of likely N-dealkylation sites (N-methyl/N-ethyl adjacent to an activating group) is 1. The van der Waals surface area contributed by atoms with Crippen LogP contribution in [-0.4, -0.2) is 12.6 Å². The van der Waals surface area contributed by atoms with Crippen molar-refractivity contribution >= 4 is 0 Å². The van der Waals surface area contributed by atoms with Crippen LogP contribution in [0.25, 0.3) is 0 Å². The first-order valence-electron chi connectivity index (χ1n) is 8.67. The third kappa shape index (κ3) is 2.41. The monoisotopic (exact) mass is 269 g/mol. The Morgan fingerprint density at radius 1 is 1.10 bits per heavy atom. The molecule has 2 fully saturated rings. The summed E-state index contributed by atoms with van der Waals surface area (Å²) < 4.78 is 0. The van der Waals surface area contributed by atoms with Crippen LogP contribution in [0.5, 0.6) is 0 Å². The van der Waals surface area contributed by atoms with Crippen molar-refractivity contribution in [2.75, 3.05) is 6.54 Å². The molecule has 4 rings (SSSR count). The molecule has 0 bridgehead atoms. The topological polar surface area (TPSA) is 12.0 Å². The quantitative estimate of drug-likeness (QED) is 0.858. The molecule has 1 N–H and O–H groups in total. The summed E-state index contributed by atoms with van der Waals surface area (Å²) >= 11 is 0. The summed E-state index contributed by atoms with van der Waals surface area (Å²) in [5.41, 5.74) is 4.81. The van der Waals surface area contributed by atoms with Crippen LogP contribution in [-0.2, 0) is 19.3 Å². The Bertz CT molecular complexity index is 483. The van der Waals surface area contributed by atoms with Crippen molar-refractivity contribution in [2.45, 2.75) is 57.9 Å². The van der Waals surface area contributed by atoms with E-state index in [1.807, 2.05) is 0 Å².